The van der Waals surface area contributed by atoms with Crippen LogP contribution < -0.4 is 10.1 Å². The van der Waals surface area contributed by atoms with Crippen molar-refractivity contribution in [3.63, 3.8) is 0 Å². The second-order valence-electron chi connectivity index (χ2n) is 9.86. The predicted octanol–water partition coefficient (Wildman–Crippen LogP) is 2.75. The van der Waals surface area contributed by atoms with Gasteiger partial charge in [-0.05, 0) is 51.2 Å². The molecule has 3 aromatic rings. The first-order valence-corrected chi connectivity index (χ1v) is 12.3. The number of morpholine rings is 1. The Morgan fingerprint density at radius 2 is 1.86 bits per heavy atom. The van der Waals surface area contributed by atoms with Gasteiger partial charge in [0, 0.05) is 32.7 Å². The van der Waals surface area contributed by atoms with Crippen molar-refractivity contribution in [3.8, 4) is 5.88 Å². The van der Waals surface area contributed by atoms with Crippen LogP contribution in [0.4, 0.5) is 0 Å². The highest BCUT2D eigenvalue weighted by atomic mass is 16.5. The van der Waals surface area contributed by atoms with Gasteiger partial charge in [-0.25, -0.2) is 0 Å². The highest BCUT2D eigenvalue weighted by Gasteiger charge is 2.32. The van der Waals surface area contributed by atoms with E-state index in [9.17, 15) is 4.79 Å². The van der Waals surface area contributed by atoms with Crippen LogP contribution in [0.25, 0.3) is 10.9 Å². The molecule has 0 unspecified atom stereocenters. The number of hydrogen-bond donors (Lipinski definition) is 1. The number of amides is 1. The molecular weight excluding hydrogens is 442 g/mol. The summed E-state index contributed by atoms with van der Waals surface area (Å²) in [6.07, 6.45) is 0. The second-order valence-corrected chi connectivity index (χ2v) is 9.86. The Labute approximate surface area is 207 Å². The van der Waals surface area contributed by atoms with Gasteiger partial charge in [-0.3, -0.25) is 14.4 Å². The molecule has 1 N–H and O–H groups in total. The molecule has 35 heavy (non-hydrogen) atoms. The van der Waals surface area contributed by atoms with Gasteiger partial charge in [-0.1, -0.05) is 36.4 Å². The first kappa shape index (κ1) is 25.2. The lowest BCUT2D eigenvalue weighted by atomic mass is 10.1. The number of carbonyl (C=O) groups excluding carboxylic acids is 1. The van der Waals surface area contributed by atoms with Crippen molar-refractivity contribution in [2.75, 3.05) is 53.5 Å². The zero-order valence-corrected chi connectivity index (χ0v) is 21.3. The highest BCUT2D eigenvalue weighted by molar-refractivity contribution is 5.88. The summed E-state index contributed by atoms with van der Waals surface area (Å²) in [7, 11) is 4.09. The molecule has 1 fully saturated rings. The summed E-state index contributed by atoms with van der Waals surface area (Å²) in [5, 5.41) is 8.75. The number of nitrogens with zero attached hydrogens (tertiary/aromatic N) is 4. The lowest BCUT2D eigenvalue weighted by Crippen LogP contribution is -2.49. The van der Waals surface area contributed by atoms with Crippen molar-refractivity contribution in [1.82, 2.24) is 24.9 Å². The third kappa shape index (κ3) is 6.60. The molecule has 1 aliphatic rings. The number of aromatic nitrogens is 2. The number of benzene rings is 2. The number of nitrogens with one attached hydrogen (secondary N) is 1. The average molecular weight is 480 g/mol. The van der Waals surface area contributed by atoms with Gasteiger partial charge in [0.2, 0.25) is 5.88 Å². The van der Waals surface area contributed by atoms with E-state index in [-0.39, 0.29) is 5.91 Å². The first-order valence-electron chi connectivity index (χ1n) is 12.3. The zero-order chi connectivity index (χ0) is 24.8. The zero-order valence-electron chi connectivity index (χ0n) is 21.3. The van der Waals surface area contributed by atoms with Crippen LogP contribution in [-0.2, 0) is 22.6 Å². The lowest BCUT2D eigenvalue weighted by molar-refractivity contribution is -0.134. The fourth-order valence-corrected chi connectivity index (χ4v) is 4.27. The van der Waals surface area contributed by atoms with Crippen molar-refractivity contribution in [2.24, 2.45) is 0 Å². The van der Waals surface area contributed by atoms with E-state index in [4.69, 9.17) is 14.6 Å². The molecule has 0 saturated carbocycles. The van der Waals surface area contributed by atoms with Crippen LogP contribution in [0.2, 0.25) is 0 Å². The van der Waals surface area contributed by atoms with E-state index in [0.29, 0.717) is 19.0 Å². The summed E-state index contributed by atoms with van der Waals surface area (Å²) in [4.78, 5) is 17.5. The van der Waals surface area contributed by atoms with Crippen molar-refractivity contribution < 1.29 is 14.3 Å². The van der Waals surface area contributed by atoms with Gasteiger partial charge in [0.05, 0.1) is 30.7 Å². The Kier molecular flexibility index (Phi) is 8.05. The maximum absolute atomic E-state index is 13.0. The molecular formula is C27H37N5O3. The standard InChI is InChI=1S/C27H37N5O3/c1-27(2,26(33)28-12-13-31-14-16-34-17-15-31)35-25-23-18-22(19-30(3)4)10-11-24(23)32(29-25)20-21-8-6-5-7-9-21/h5-11,18H,12-17,19-20H2,1-4H3,(H,28,33). The quantitative estimate of drug-likeness (QED) is 0.482. The fourth-order valence-electron chi connectivity index (χ4n) is 4.27. The number of ether oxygens (including phenoxy) is 2. The lowest BCUT2D eigenvalue weighted by Gasteiger charge is -2.28. The summed E-state index contributed by atoms with van der Waals surface area (Å²) in [5.41, 5.74) is 2.23. The average Bonchev–Trinajstić information content (AvgIpc) is 3.15. The van der Waals surface area contributed by atoms with Gasteiger partial charge in [-0.2, -0.15) is 0 Å². The summed E-state index contributed by atoms with van der Waals surface area (Å²) in [6.45, 7) is 9.69. The molecule has 4 rings (SSSR count). The highest BCUT2D eigenvalue weighted by Crippen LogP contribution is 2.30. The van der Waals surface area contributed by atoms with Crippen molar-refractivity contribution in [2.45, 2.75) is 32.5 Å². The molecule has 1 saturated heterocycles. The van der Waals surface area contributed by atoms with Crippen LogP contribution in [0.3, 0.4) is 0 Å². The molecule has 1 aromatic heterocycles. The molecule has 8 heteroatoms. The Morgan fingerprint density at radius 1 is 1.11 bits per heavy atom. The van der Waals surface area contributed by atoms with Gasteiger partial charge in [0.15, 0.2) is 5.60 Å². The molecule has 8 nitrogen and oxygen atoms in total. The van der Waals surface area contributed by atoms with Crippen LogP contribution in [0, 0.1) is 0 Å². The minimum Gasteiger partial charge on any atom is -0.460 e. The van der Waals surface area contributed by atoms with Crippen molar-refractivity contribution >= 4 is 16.8 Å². The molecule has 0 spiro atoms. The molecule has 2 aromatic carbocycles. The van der Waals surface area contributed by atoms with Crippen LogP contribution in [0.1, 0.15) is 25.0 Å². The maximum atomic E-state index is 13.0. The van der Waals surface area contributed by atoms with E-state index >= 15 is 0 Å². The van der Waals surface area contributed by atoms with Crippen molar-refractivity contribution in [3.05, 3.63) is 59.7 Å². The fraction of sp³-hybridized carbons (Fsp3) is 0.481. The summed E-state index contributed by atoms with van der Waals surface area (Å²) in [6, 6.07) is 16.6. The number of carbonyl (C=O) groups is 1. The molecule has 1 amide bonds. The summed E-state index contributed by atoms with van der Waals surface area (Å²) >= 11 is 0. The minimum atomic E-state index is -1.07. The topological polar surface area (TPSA) is 71.9 Å². The monoisotopic (exact) mass is 479 g/mol. The van der Waals surface area contributed by atoms with Gasteiger partial charge in [0.25, 0.3) is 5.91 Å². The molecule has 0 atom stereocenters. The molecule has 188 valence electrons. The Hall–Kier alpha value is -2.94. The Bertz CT molecular complexity index is 1120. The molecule has 1 aliphatic heterocycles. The number of fused-ring (bicyclic) bond motifs is 1. The van der Waals surface area contributed by atoms with E-state index in [1.54, 1.807) is 13.8 Å². The Balaban J connectivity index is 1.52. The predicted molar refractivity (Wildman–Crippen MR) is 138 cm³/mol. The largest absolute Gasteiger partial charge is 0.460 e. The van der Waals surface area contributed by atoms with E-state index in [1.807, 2.05) is 37.0 Å². The molecule has 0 bridgehead atoms. The van der Waals surface area contributed by atoms with Crippen molar-refractivity contribution in [1.29, 1.82) is 0 Å². The molecule has 2 heterocycles. The normalized spacial score (nSPS) is 15.0. The van der Waals surface area contributed by atoms with Gasteiger partial charge >= 0.3 is 0 Å². The third-order valence-corrected chi connectivity index (χ3v) is 6.17. The van der Waals surface area contributed by atoms with Crippen LogP contribution in [-0.4, -0.2) is 84.6 Å². The third-order valence-electron chi connectivity index (χ3n) is 6.17. The summed E-state index contributed by atoms with van der Waals surface area (Å²) < 4.78 is 13.6. The van der Waals surface area contributed by atoms with Gasteiger partial charge in [0.1, 0.15) is 0 Å². The molecule has 0 aliphatic carbocycles. The maximum Gasteiger partial charge on any atom is 0.263 e. The number of rotatable bonds is 10. The van der Waals surface area contributed by atoms with Gasteiger partial charge < -0.3 is 19.7 Å². The summed E-state index contributed by atoms with van der Waals surface area (Å²) in [5.74, 6) is 0.325. The van der Waals surface area contributed by atoms with Crippen LogP contribution >= 0.6 is 0 Å². The second kappa shape index (κ2) is 11.2. The van der Waals surface area contributed by atoms with Crippen LogP contribution in [0.5, 0.6) is 5.88 Å². The minimum absolute atomic E-state index is 0.152. The van der Waals surface area contributed by atoms with Gasteiger partial charge in [-0.15, -0.1) is 5.10 Å². The Morgan fingerprint density at radius 3 is 2.57 bits per heavy atom. The number of hydrogen-bond acceptors (Lipinski definition) is 6. The van der Waals surface area contributed by atoms with E-state index in [2.05, 4.69) is 45.4 Å². The first-order chi connectivity index (χ1) is 16.8. The smallest absolute Gasteiger partial charge is 0.263 e. The SMILES string of the molecule is CN(C)Cc1ccc2c(c1)c(OC(C)(C)C(=O)NCCN1CCOCC1)nn2Cc1ccccc1. The van der Waals surface area contributed by atoms with E-state index in [1.165, 1.54) is 5.56 Å². The van der Waals surface area contributed by atoms with E-state index in [0.717, 1.165) is 55.9 Å². The van der Waals surface area contributed by atoms with E-state index < -0.39 is 5.60 Å². The molecule has 0 radical (unpaired) electrons. The van der Waals surface area contributed by atoms with Crippen LogP contribution in [0.15, 0.2) is 48.5 Å².